The van der Waals surface area contributed by atoms with Crippen LogP contribution in [0.25, 0.3) is 0 Å². The van der Waals surface area contributed by atoms with E-state index in [-0.39, 0.29) is 27.8 Å². The molecule has 1 aromatic carbocycles. The zero-order valence-electron chi connectivity index (χ0n) is 9.95. The first-order valence-corrected chi connectivity index (χ1v) is 8.42. The van der Waals surface area contributed by atoms with Gasteiger partial charge in [-0.15, -0.1) is 11.6 Å². The molecule has 0 aliphatic carbocycles. The third-order valence-corrected chi connectivity index (χ3v) is 5.43. The highest BCUT2D eigenvalue weighted by molar-refractivity contribution is 9.10. The average molecular weight is 375 g/mol. The van der Waals surface area contributed by atoms with E-state index in [2.05, 4.69) is 20.7 Å². The first kappa shape index (κ1) is 16.2. The normalized spacial score (nSPS) is 13.9. The van der Waals surface area contributed by atoms with Crippen LogP contribution in [0.3, 0.4) is 0 Å². The van der Waals surface area contributed by atoms with Gasteiger partial charge < -0.3 is 0 Å². The maximum absolute atomic E-state index is 12.0. The van der Waals surface area contributed by atoms with Crippen LogP contribution >= 0.6 is 39.1 Å². The van der Waals surface area contributed by atoms with E-state index in [1.165, 1.54) is 12.1 Å². The molecule has 0 radical (unpaired) electrons. The van der Waals surface area contributed by atoms with Crippen molar-refractivity contribution in [1.29, 1.82) is 0 Å². The van der Waals surface area contributed by atoms with Gasteiger partial charge in [-0.05, 0) is 24.1 Å². The first-order chi connectivity index (χ1) is 8.24. The van der Waals surface area contributed by atoms with Gasteiger partial charge in [-0.3, -0.25) is 0 Å². The zero-order chi connectivity index (χ0) is 13.9. The highest BCUT2D eigenvalue weighted by atomic mass is 79.9. The Hall–Kier alpha value is 0.190. The Bertz CT molecular complexity index is 520. The zero-order valence-corrected chi connectivity index (χ0v) is 13.9. The van der Waals surface area contributed by atoms with Crippen molar-refractivity contribution in [2.24, 2.45) is 5.92 Å². The van der Waals surface area contributed by atoms with Gasteiger partial charge in [0, 0.05) is 16.4 Å². The molecule has 0 amide bonds. The summed E-state index contributed by atoms with van der Waals surface area (Å²) in [5, 5.41) is -0.0819. The Balaban J connectivity index is 2.87. The molecular formula is C11H14BrCl2NO2S. The average Bonchev–Trinajstić information content (AvgIpc) is 2.25. The summed E-state index contributed by atoms with van der Waals surface area (Å²) in [6.07, 6.45) is 0. The topological polar surface area (TPSA) is 46.2 Å². The van der Waals surface area contributed by atoms with Crippen molar-refractivity contribution in [1.82, 2.24) is 4.72 Å². The lowest BCUT2D eigenvalue weighted by Gasteiger charge is -2.14. The third kappa shape index (κ3) is 4.38. The van der Waals surface area contributed by atoms with Crippen molar-refractivity contribution >= 4 is 49.2 Å². The second-order valence-corrected chi connectivity index (χ2v) is 7.81. The molecule has 0 saturated heterocycles. The molecule has 18 heavy (non-hydrogen) atoms. The van der Waals surface area contributed by atoms with Gasteiger partial charge in [-0.1, -0.05) is 41.4 Å². The lowest BCUT2D eigenvalue weighted by atomic mass is 10.1. The lowest BCUT2D eigenvalue weighted by Crippen LogP contribution is -2.32. The SMILES string of the molecule is CC(C)C(Cl)CNS(=O)(=O)c1ccc(Br)cc1Cl. The molecule has 7 heteroatoms. The minimum Gasteiger partial charge on any atom is -0.210 e. The maximum Gasteiger partial charge on any atom is 0.242 e. The minimum atomic E-state index is -3.62. The molecule has 1 aromatic rings. The van der Waals surface area contributed by atoms with Gasteiger partial charge in [-0.2, -0.15) is 0 Å². The summed E-state index contributed by atoms with van der Waals surface area (Å²) in [5.74, 6) is 0.190. The second kappa shape index (κ2) is 6.57. The number of hydrogen-bond donors (Lipinski definition) is 1. The fourth-order valence-electron chi connectivity index (χ4n) is 1.20. The van der Waals surface area contributed by atoms with E-state index in [1.807, 2.05) is 13.8 Å². The molecule has 0 saturated carbocycles. The van der Waals surface area contributed by atoms with Crippen LogP contribution in [0.1, 0.15) is 13.8 Å². The Morgan fingerprint density at radius 1 is 1.39 bits per heavy atom. The van der Waals surface area contributed by atoms with Crippen molar-refractivity contribution in [3.8, 4) is 0 Å². The van der Waals surface area contributed by atoms with Crippen molar-refractivity contribution < 1.29 is 8.42 Å². The van der Waals surface area contributed by atoms with Gasteiger partial charge in [0.2, 0.25) is 10.0 Å². The monoisotopic (exact) mass is 373 g/mol. The Kier molecular flexibility index (Phi) is 5.93. The van der Waals surface area contributed by atoms with Gasteiger partial charge in [0.15, 0.2) is 0 Å². The molecule has 0 aliphatic heterocycles. The van der Waals surface area contributed by atoms with Crippen LogP contribution in [-0.4, -0.2) is 20.3 Å². The van der Waals surface area contributed by atoms with Crippen LogP contribution in [-0.2, 0) is 10.0 Å². The number of halogens is 3. The highest BCUT2D eigenvalue weighted by Crippen LogP contribution is 2.25. The smallest absolute Gasteiger partial charge is 0.210 e. The number of benzene rings is 1. The van der Waals surface area contributed by atoms with Crippen LogP contribution in [0.2, 0.25) is 5.02 Å². The molecule has 1 rings (SSSR count). The quantitative estimate of drug-likeness (QED) is 0.799. The van der Waals surface area contributed by atoms with E-state index in [0.29, 0.717) is 0 Å². The Morgan fingerprint density at radius 3 is 2.50 bits per heavy atom. The van der Waals surface area contributed by atoms with Crippen molar-refractivity contribution in [2.45, 2.75) is 24.1 Å². The summed E-state index contributed by atoms with van der Waals surface area (Å²) >= 11 is 15.1. The number of hydrogen-bond acceptors (Lipinski definition) is 2. The fourth-order valence-corrected chi connectivity index (χ4v) is 3.46. The van der Waals surface area contributed by atoms with Crippen molar-refractivity contribution in [2.75, 3.05) is 6.54 Å². The van der Waals surface area contributed by atoms with Crippen LogP contribution in [0.4, 0.5) is 0 Å². The molecule has 0 bridgehead atoms. The number of rotatable bonds is 5. The van der Waals surface area contributed by atoms with E-state index in [1.54, 1.807) is 6.07 Å². The maximum atomic E-state index is 12.0. The summed E-state index contributed by atoms with van der Waals surface area (Å²) in [6, 6.07) is 4.62. The molecule has 1 unspecified atom stereocenters. The fraction of sp³-hybridized carbons (Fsp3) is 0.455. The molecule has 1 atom stereocenters. The molecule has 102 valence electrons. The third-order valence-electron chi connectivity index (χ3n) is 2.38. The van der Waals surface area contributed by atoms with E-state index < -0.39 is 10.0 Å². The van der Waals surface area contributed by atoms with E-state index in [4.69, 9.17) is 23.2 Å². The van der Waals surface area contributed by atoms with Crippen LogP contribution < -0.4 is 4.72 Å². The number of nitrogens with one attached hydrogen (secondary N) is 1. The van der Waals surface area contributed by atoms with Gasteiger partial charge in [-0.25, -0.2) is 13.1 Å². The summed E-state index contributed by atoms with van der Waals surface area (Å²) < 4.78 is 27.2. The second-order valence-electron chi connectivity index (χ2n) is 4.19. The van der Waals surface area contributed by atoms with Crippen molar-refractivity contribution in [3.05, 3.63) is 27.7 Å². The van der Waals surface area contributed by atoms with Crippen LogP contribution in [0, 0.1) is 5.92 Å². The molecule has 0 fully saturated rings. The number of sulfonamides is 1. The first-order valence-electron chi connectivity index (χ1n) is 5.33. The highest BCUT2D eigenvalue weighted by Gasteiger charge is 2.20. The van der Waals surface area contributed by atoms with Gasteiger partial charge in [0.25, 0.3) is 0 Å². The molecule has 0 heterocycles. The summed E-state index contributed by atoms with van der Waals surface area (Å²) in [7, 11) is -3.62. The lowest BCUT2D eigenvalue weighted by molar-refractivity contribution is 0.556. The van der Waals surface area contributed by atoms with Crippen LogP contribution in [0.15, 0.2) is 27.6 Å². The van der Waals surface area contributed by atoms with Crippen molar-refractivity contribution in [3.63, 3.8) is 0 Å². The largest absolute Gasteiger partial charge is 0.242 e. The molecule has 0 spiro atoms. The predicted octanol–water partition coefficient (Wildman–Crippen LogP) is 3.64. The number of alkyl halides is 1. The summed E-state index contributed by atoms with van der Waals surface area (Å²) in [5.41, 5.74) is 0. The molecule has 1 N–H and O–H groups in total. The standard InChI is InChI=1S/C11H14BrCl2NO2S/c1-7(2)10(14)6-15-18(16,17)11-4-3-8(12)5-9(11)13/h3-5,7,10,15H,6H2,1-2H3. The van der Waals surface area contributed by atoms with Crippen LogP contribution in [0.5, 0.6) is 0 Å². The van der Waals surface area contributed by atoms with E-state index in [9.17, 15) is 8.42 Å². The Labute approximate surface area is 126 Å². The van der Waals surface area contributed by atoms with Gasteiger partial charge >= 0.3 is 0 Å². The molecule has 3 nitrogen and oxygen atoms in total. The van der Waals surface area contributed by atoms with E-state index in [0.717, 1.165) is 4.47 Å². The summed E-state index contributed by atoms with van der Waals surface area (Å²) in [6.45, 7) is 4.03. The van der Waals surface area contributed by atoms with Gasteiger partial charge in [0.05, 0.1) is 5.02 Å². The molecule has 0 aromatic heterocycles. The van der Waals surface area contributed by atoms with Gasteiger partial charge in [0.1, 0.15) is 4.90 Å². The predicted molar refractivity (Wildman–Crippen MR) is 78.8 cm³/mol. The Morgan fingerprint density at radius 2 is 2.00 bits per heavy atom. The minimum absolute atomic E-state index is 0.0555. The molecular weight excluding hydrogens is 361 g/mol. The van der Waals surface area contributed by atoms with E-state index >= 15 is 0 Å². The summed E-state index contributed by atoms with van der Waals surface area (Å²) in [4.78, 5) is 0.0555. The molecule has 0 aliphatic rings.